The topological polar surface area (TPSA) is 57.0 Å². The van der Waals surface area contributed by atoms with Crippen LogP contribution >= 0.6 is 11.3 Å². The molecule has 4 heterocycles. The lowest BCUT2D eigenvalue weighted by molar-refractivity contribution is -0.134. The van der Waals surface area contributed by atoms with E-state index in [-0.39, 0.29) is 23.9 Å². The molecule has 172 valence electrons. The minimum atomic E-state index is -0.106. The zero-order chi connectivity index (χ0) is 22.8. The van der Waals surface area contributed by atoms with E-state index in [1.165, 1.54) is 22.3 Å². The van der Waals surface area contributed by atoms with E-state index >= 15 is 0 Å². The van der Waals surface area contributed by atoms with Gasteiger partial charge in [-0.1, -0.05) is 30.3 Å². The van der Waals surface area contributed by atoms with E-state index < -0.39 is 0 Å². The molecular weight excluding hydrogens is 434 g/mol. The number of hydrogen-bond acceptors (Lipinski definition) is 5. The number of carbonyl (C=O) groups is 2. The van der Waals surface area contributed by atoms with Gasteiger partial charge in [0.1, 0.15) is 0 Å². The second-order valence-electron chi connectivity index (χ2n) is 8.81. The van der Waals surface area contributed by atoms with Crippen LogP contribution in [0, 0.1) is 0 Å². The van der Waals surface area contributed by atoms with Crippen molar-refractivity contribution in [3.05, 3.63) is 81.9 Å². The van der Waals surface area contributed by atoms with Gasteiger partial charge in [0.05, 0.1) is 12.3 Å². The second kappa shape index (κ2) is 9.53. The smallest absolute Gasteiger partial charge is 0.289 e. The maximum absolute atomic E-state index is 13.1. The Hall–Kier alpha value is -2.90. The Kier molecular flexibility index (Phi) is 6.33. The van der Waals surface area contributed by atoms with Gasteiger partial charge in [0.2, 0.25) is 5.91 Å². The quantitative estimate of drug-likeness (QED) is 0.573. The van der Waals surface area contributed by atoms with Crippen LogP contribution in [0.25, 0.3) is 0 Å². The Labute approximate surface area is 198 Å². The zero-order valence-corrected chi connectivity index (χ0v) is 19.7. The lowest BCUT2D eigenvalue weighted by atomic mass is 9.93. The number of piperazine rings is 1. The summed E-state index contributed by atoms with van der Waals surface area (Å²) in [6.07, 6.45) is 3.04. The molecule has 1 fully saturated rings. The maximum Gasteiger partial charge on any atom is 0.289 e. The molecule has 6 nitrogen and oxygen atoms in total. The van der Waals surface area contributed by atoms with Gasteiger partial charge in [-0.25, -0.2) is 0 Å². The summed E-state index contributed by atoms with van der Waals surface area (Å²) < 4.78 is 5.27. The molecule has 1 saturated heterocycles. The van der Waals surface area contributed by atoms with Crippen LogP contribution in [0.3, 0.4) is 0 Å². The molecule has 5 rings (SSSR count). The maximum atomic E-state index is 13.1. The van der Waals surface area contributed by atoms with E-state index in [1.807, 2.05) is 29.2 Å². The van der Waals surface area contributed by atoms with Crippen molar-refractivity contribution in [3.8, 4) is 0 Å². The van der Waals surface area contributed by atoms with Crippen molar-refractivity contribution in [1.29, 1.82) is 0 Å². The molecule has 2 aliphatic rings. The number of carbonyl (C=O) groups excluding carboxylic acids is 2. The largest absolute Gasteiger partial charge is 0.459 e. The summed E-state index contributed by atoms with van der Waals surface area (Å²) in [6, 6.07) is 16.4. The van der Waals surface area contributed by atoms with Gasteiger partial charge in [0.15, 0.2) is 5.76 Å². The molecule has 0 saturated carbocycles. The Morgan fingerprint density at radius 2 is 1.91 bits per heavy atom. The molecule has 1 aromatic carbocycles. The molecule has 0 spiro atoms. The molecule has 2 aliphatic heterocycles. The highest BCUT2D eigenvalue weighted by Gasteiger charge is 2.33. The molecule has 2 atom stereocenters. The van der Waals surface area contributed by atoms with Gasteiger partial charge in [0.25, 0.3) is 5.91 Å². The minimum absolute atomic E-state index is 0.0410. The van der Waals surface area contributed by atoms with E-state index in [2.05, 4.69) is 40.6 Å². The first-order chi connectivity index (χ1) is 16.1. The molecule has 0 radical (unpaired) electrons. The Balaban J connectivity index is 1.21. The highest BCUT2D eigenvalue weighted by Crippen LogP contribution is 2.37. The summed E-state index contributed by atoms with van der Waals surface area (Å²) in [4.78, 5) is 33.4. The van der Waals surface area contributed by atoms with Gasteiger partial charge in [-0.3, -0.25) is 14.5 Å². The third-order valence-corrected chi connectivity index (χ3v) is 7.76. The molecule has 2 amide bonds. The summed E-state index contributed by atoms with van der Waals surface area (Å²) in [5.41, 5.74) is 2.66. The molecule has 3 aromatic rings. The number of benzene rings is 1. The van der Waals surface area contributed by atoms with Crippen molar-refractivity contribution < 1.29 is 14.0 Å². The van der Waals surface area contributed by atoms with Crippen molar-refractivity contribution in [3.63, 3.8) is 0 Å². The summed E-state index contributed by atoms with van der Waals surface area (Å²) >= 11 is 1.83. The number of rotatable bonds is 5. The molecule has 7 heteroatoms. The normalized spacial score (nSPS) is 21.1. The van der Waals surface area contributed by atoms with Crippen LogP contribution in [0.2, 0.25) is 0 Å². The van der Waals surface area contributed by atoms with Crippen molar-refractivity contribution in [1.82, 2.24) is 14.7 Å². The van der Waals surface area contributed by atoms with Crippen LogP contribution in [-0.2, 0) is 11.2 Å². The summed E-state index contributed by atoms with van der Waals surface area (Å²) in [5, 5.41) is 2.18. The predicted octanol–water partition coefficient (Wildman–Crippen LogP) is 4.05. The van der Waals surface area contributed by atoms with Crippen LogP contribution < -0.4 is 0 Å². The molecule has 0 bridgehead atoms. The zero-order valence-electron chi connectivity index (χ0n) is 18.9. The highest BCUT2D eigenvalue weighted by molar-refractivity contribution is 7.10. The van der Waals surface area contributed by atoms with Gasteiger partial charge in [-0.2, -0.15) is 0 Å². The van der Waals surface area contributed by atoms with E-state index in [0.29, 0.717) is 31.8 Å². The van der Waals surface area contributed by atoms with Gasteiger partial charge in [-0.05, 0) is 48.1 Å². The SMILES string of the molecule is C[C@H]1CN(C(=O)CCN2CCc3sccc3[C@@H]2c2ccccc2)CCN1C(=O)c1ccco1. The molecule has 0 aliphatic carbocycles. The molecule has 0 unspecified atom stereocenters. The monoisotopic (exact) mass is 463 g/mol. The summed E-state index contributed by atoms with van der Waals surface area (Å²) in [6.45, 7) is 5.33. The third-order valence-electron chi connectivity index (χ3n) is 6.77. The lowest BCUT2D eigenvalue weighted by Gasteiger charge is -2.40. The second-order valence-corrected chi connectivity index (χ2v) is 9.81. The van der Waals surface area contributed by atoms with Crippen molar-refractivity contribution in [2.45, 2.75) is 31.8 Å². The van der Waals surface area contributed by atoms with Crippen molar-refractivity contribution in [2.24, 2.45) is 0 Å². The average molecular weight is 464 g/mol. The number of fused-ring (bicyclic) bond motifs is 1. The number of furan rings is 1. The highest BCUT2D eigenvalue weighted by atomic mass is 32.1. The fraction of sp³-hybridized carbons (Fsp3) is 0.385. The number of hydrogen-bond donors (Lipinski definition) is 0. The third kappa shape index (κ3) is 4.48. The van der Waals surface area contributed by atoms with Crippen LogP contribution in [0.4, 0.5) is 0 Å². The van der Waals surface area contributed by atoms with Crippen molar-refractivity contribution >= 4 is 23.2 Å². The minimum Gasteiger partial charge on any atom is -0.459 e. The summed E-state index contributed by atoms with van der Waals surface area (Å²) in [7, 11) is 0. The first-order valence-electron chi connectivity index (χ1n) is 11.6. The Morgan fingerprint density at radius 3 is 2.67 bits per heavy atom. The predicted molar refractivity (Wildman–Crippen MR) is 128 cm³/mol. The van der Waals surface area contributed by atoms with Gasteiger partial charge >= 0.3 is 0 Å². The van der Waals surface area contributed by atoms with E-state index in [0.717, 1.165) is 19.5 Å². The van der Waals surface area contributed by atoms with Crippen LogP contribution in [0.5, 0.6) is 0 Å². The van der Waals surface area contributed by atoms with E-state index in [9.17, 15) is 9.59 Å². The number of thiophene rings is 1. The lowest BCUT2D eigenvalue weighted by Crippen LogP contribution is -2.55. The van der Waals surface area contributed by atoms with Gasteiger partial charge < -0.3 is 14.2 Å². The first kappa shape index (κ1) is 21.9. The van der Waals surface area contributed by atoms with E-state index in [4.69, 9.17) is 4.42 Å². The molecular formula is C26H29N3O3S. The van der Waals surface area contributed by atoms with E-state index in [1.54, 1.807) is 17.0 Å². The van der Waals surface area contributed by atoms with Gasteiger partial charge in [0, 0.05) is 50.1 Å². The fourth-order valence-electron chi connectivity index (χ4n) is 5.06. The summed E-state index contributed by atoms with van der Waals surface area (Å²) in [5.74, 6) is 0.409. The molecule has 2 aromatic heterocycles. The Morgan fingerprint density at radius 1 is 1.06 bits per heavy atom. The molecule has 0 N–H and O–H groups in total. The van der Waals surface area contributed by atoms with Crippen LogP contribution in [-0.4, -0.2) is 65.3 Å². The number of amides is 2. The van der Waals surface area contributed by atoms with Crippen LogP contribution in [0.1, 0.15) is 45.9 Å². The first-order valence-corrected chi connectivity index (χ1v) is 12.5. The Bertz CT molecular complexity index is 1100. The van der Waals surface area contributed by atoms with Crippen LogP contribution in [0.15, 0.2) is 64.6 Å². The fourth-order valence-corrected chi connectivity index (χ4v) is 5.96. The average Bonchev–Trinajstić information content (AvgIpc) is 3.54. The standard InChI is InChI=1S/C26H29N3O3S/c1-19-18-28(14-15-29(19)26(31)22-8-5-16-32-22)24(30)10-13-27-12-9-23-21(11-17-33-23)25(27)20-6-3-2-4-7-20/h2-8,11,16-17,19,25H,9-10,12-15,18H2,1H3/t19-,25-/m0/s1. The number of nitrogens with zero attached hydrogens (tertiary/aromatic N) is 3. The van der Waals surface area contributed by atoms with Gasteiger partial charge in [-0.15, -0.1) is 11.3 Å². The molecule has 33 heavy (non-hydrogen) atoms. The van der Waals surface area contributed by atoms with Crippen molar-refractivity contribution in [2.75, 3.05) is 32.7 Å².